The lowest BCUT2D eigenvalue weighted by Gasteiger charge is -2.24. The number of hydrogen-bond donors (Lipinski definition) is 1. The molecule has 0 radical (unpaired) electrons. The van der Waals surface area contributed by atoms with Crippen LogP contribution in [0.3, 0.4) is 0 Å². The minimum atomic E-state index is -0.963. The predicted molar refractivity (Wildman–Crippen MR) is 76.0 cm³/mol. The maximum atomic E-state index is 10.9. The van der Waals surface area contributed by atoms with Gasteiger partial charge in [-0.25, -0.2) is 0 Å². The first-order valence-corrected chi connectivity index (χ1v) is 6.09. The summed E-state index contributed by atoms with van der Waals surface area (Å²) < 4.78 is 0. The number of nitro groups is 1. The first-order chi connectivity index (χ1) is 9.36. The van der Waals surface area contributed by atoms with E-state index in [1.165, 1.54) is 19.1 Å². The molecule has 0 spiro atoms. The first-order valence-electron chi connectivity index (χ1n) is 5.72. The Balaban J connectivity index is 3.09. The number of carboxylic acids is 1. The van der Waals surface area contributed by atoms with E-state index in [2.05, 4.69) is 5.92 Å². The number of nitro benzene ring substituents is 1. The van der Waals surface area contributed by atoms with Gasteiger partial charge in [0.15, 0.2) is 0 Å². The van der Waals surface area contributed by atoms with Gasteiger partial charge in [0, 0.05) is 18.3 Å². The molecule has 0 saturated heterocycles. The van der Waals surface area contributed by atoms with Gasteiger partial charge < -0.3 is 10.0 Å². The van der Waals surface area contributed by atoms with E-state index in [-0.39, 0.29) is 23.8 Å². The number of hydrogen-bond acceptors (Lipinski definition) is 4. The topological polar surface area (TPSA) is 83.7 Å². The van der Waals surface area contributed by atoms with Crippen molar-refractivity contribution >= 4 is 28.9 Å². The van der Waals surface area contributed by atoms with Crippen molar-refractivity contribution in [3.8, 4) is 12.3 Å². The summed E-state index contributed by atoms with van der Waals surface area (Å²) in [7, 11) is 0. The molecule has 0 heterocycles. The number of anilines is 1. The van der Waals surface area contributed by atoms with Gasteiger partial charge in [-0.3, -0.25) is 14.9 Å². The highest BCUT2D eigenvalue weighted by molar-refractivity contribution is 6.32. The van der Waals surface area contributed by atoms with Gasteiger partial charge in [0.2, 0.25) is 0 Å². The molecular formula is C13H13ClN2O4. The number of terminal acetylenes is 1. The minimum Gasteiger partial charge on any atom is -0.481 e. The lowest BCUT2D eigenvalue weighted by Crippen LogP contribution is -2.32. The molecule has 0 amide bonds. The van der Waals surface area contributed by atoms with Crippen LogP contribution in [0.1, 0.15) is 6.92 Å². The number of nitrogens with zero attached hydrogens (tertiary/aromatic N) is 2. The van der Waals surface area contributed by atoms with Gasteiger partial charge >= 0.3 is 5.97 Å². The fraction of sp³-hybridized carbons (Fsp3) is 0.308. The smallest absolute Gasteiger partial charge is 0.308 e. The van der Waals surface area contributed by atoms with Crippen molar-refractivity contribution in [3.05, 3.63) is 33.3 Å². The van der Waals surface area contributed by atoms with Crippen LogP contribution in [0.15, 0.2) is 18.2 Å². The molecule has 1 aromatic rings. The maximum absolute atomic E-state index is 10.9. The molecule has 0 aliphatic rings. The molecular weight excluding hydrogens is 284 g/mol. The highest BCUT2D eigenvalue weighted by Gasteiger charge is 2.19. The Morgan fingerprint density at radius 3 is 2.80 bits per heavy atom. The molecule has 0 aliphatic carbocycles. The number of halogens is 1. The Labute approximate surface area is 121 Å². The van der Waals surface area contributed by atoms with Gasteiger partial charge in [-0.1, -0.05) is 24.4 Å². The molecule has 1 rings (SSSR count). The van der Waals surface area contributed by atoms with Gasteiger partial charge in [-0.15, -0.1) is 6.42 Å². The van der Waals surface area contributed by atoms with Crippen molar-refractivity contribution < 1.29 is 14.8 Å². The molecule has 6 nitrogen and oxygen atoms in total. The summed E-state index contributed by atoms with van der Waals surface area (Å²) in [6.45, 7) is 1.84. The van der Waals surface area contributed by atoms with Crippen LogP contribution in [0.25, 0.3) is 0 Å². The Hall–Kier alpha value is -2.26. The van der Waals surface area contributed by atoms with Crippen LogP contribution in [-0.2, 0) is 4.79 Å². The van der Waals surface area contributed by atoms with Crippen LogP contribution in [0.5, 0.6) is 0 Å². The van der Waals surface area contributed by atoms with Crippen LogP contribution in [0.4, 0.5) is 11.4 Å². The van der Waals surface area contributed by atoms with Crippen LogP contribution in [0.2, 0.25) is 5.02 Å². The SMILES string of the molecule is C#CCN(CC(C)C(=O)O)c1ccc(Cl)c([N+](=O)[O-])c1. The molecule has 1 aromatic carbocycles. The van der Waals surface area contributed by atoms with Crippen molar-refractivity contribution in [1.29, 1.82) is 0 Å². The maximum Gasteiger partial charge on any atom is 0.308 e. The number of benzene rings is 1. The summed E-state index contributed by atoms with van der Waals surface area (Å²) in [5.74, 6) is 0.787. The van der Waals surface area contributed by atoms with E-state index in [9.17, 15) is 14.9 Å². The summed E-state index contributed by atoms with van der Waals surface area (Å²) in [5, 5.41) is 19.8. The van der Waals surface area contributed by atoms with Crippen LogP contribution < -0.4 is 4.90 Å². The standard InChI is InChI=1S/C13H13ClN2O4/c1-3-6-15(8-9(2)13(17)18)10-4-5-11(14)12(7-10)16(19)20/h1,4-5,7,9H,6,8H2,2H3,(H,17,18). The fourth-order valence-corrected chi connectivity index (χ4v) is 1.80. The number of aliphatic carboxylic acids is 1. The molecule has 1 N–H and O–H groups in total. The molecule has 1 unspecified atom stereocenters. The monoisotopic (exact) mass is 296 g/mol. The summed E-state index contributed by atoms with van der Waals surface area (Å²) in [5.41, 5.74) is 0.223. The van der Waals surface area contributed by atoms with Gasteiger partial charge in [-0.2, -0.15) is 0 Å². The number of rotatable bonds is 6. The van der Waals surface area contributed by atoms with E-state index in [0.717, 1.165) is 0 Å². The van der Waals surface area contributed by atoms with Gasteiger partial charge in [-0.05, 0) is 12.1 Å². The second kappa shape index (κ2) is 6.78. The summed E-state index contributed by atoms with van der Waals surface area (Å²) >= 11 is 5.73. The first kappa shape index (κ1) is 15.8. The highest BCUT2D eigenvalue weighted by atomic mass is 35.5. The Morgan fingerprint density at radius 1 is 1.65 bits per heavy atom. The zero-order valence-corrected chi connectivity index (χ0v) is 11.5. The average molecular weight is 297 g/mol. The zero-order chi connectivity index (χ0) is 15.3. The molecule has 106 valence electrons. The lowest BCUT2D eigenvalue weighted by atomic mass is 10.1. The van der Waals surface area contributed by atoms with Crippen LogP contribution in [-0.4, -0.2) is 29.1 Å². The van der Waals surface area contributed by atoms with Crippen molar-refractivity contribution in [2.24, 2.45) is 5.92 Å². The van der Waals surface area contributed by atoms with E-state index in [0.29, 0.717) is 5.69 Å². The van der Waals surface area contributed by atoms with E-state index >= 15 is 0 Å². The van der Waals surface area contributed by atoms with E-state index < -0.39 is 16.8 Å². The molecule has 7 heteroatoms. The number of carboxylic acid groups (broad SMARTS) is 1. The largest absolute Gasteiger partial charge is 0.481 e. The molecule has 1 atom stereocenters. The van der Waals surface area contributed by atoms with E-state index in [1.54, 1.807) is 11.0 Å². The second-order valence-electron chi connectivity index (χ2n) is 4.22. The van der Waals surface area contributed by atoms with Crippen molar-refractivity contribution in [2.75, 3.05) is 18.0 Å². The number of carbonyl (C=O) groups is 1. The third-order valence-electron chi connectivity index (χ3n) is 2.69. The molecule has 20 heavy (non-hydrogen) atoms. The highest BCUT2D eigenvalue weighted by Crippen LogP contribution is 2.29. The fourth-order valence-electron chi connectivity index (χ4n) is 1.62. The van der Waals surface area contributed by atoms with Crippen molar-refractivity contribution in [2.45, 2.75) is 6.92 Å². The zero-order valence-electron chi connectivity index (χ0n) is 10.7. The lowest BCUT2D eigenvalue weighted by molar-refractivity contribution is -0.384. The van der Waals surface area contributed by atoms with Crippen LogP contribution >= 0.6 is 11.6 Å². The quantitative estimate of drug-likeness (QED) is 0.495. The second-order valence-corrected chi connectivity index (χ2v) is 4.62. The summed E-state index contributed by atoms with van der Waals surface area (Å²) in [4.78, 5) is 22.7. The summed E-state index contributed by atoms with van der Waals surface area (Å²) in [6.07, 6.45) is 5.25. The van der Waals surface area contributed by atoms with Gasteiger partial charge in [0.05, 0.1) is 17.4 Å². The minimum absolute atomic E-state index is 0.0192. The average Bonchev–Trinajstić information content (AvgIpc) is 2.38. The Morgan fingerprint density at radius 2 is 2.30 bits per heavy atom. The molecule has 0 aliphatic heterocycles. The predicted octanol–water partition coefficient (Wildman–Crippen LogP) is 2.41. The molecule has 0 aromatic heterocycles. The molecule has 0 fully saturated rings. The van der Waals surface area contributed by atoms with E-state index in [1.807, 2.05) is 0 Å². The van der Waals surface area contributed by atoms with Crippen LogP contribution in [0, 0.1) is 28.4 Å². The van der Waals surface area contributed by atoms with Crippen molar-refractivity contribution in [3.63, 3.8) is 0 Å². The van der Waals surface area contributed by atoms with Gasteiger partial charge in [0.1, 0.15) is 5.02 Å². The Bertz CT molecular complexity index is 568. The third-order valence-corrected chi connectivity index (χ3v) is 3.01. The van der Waals surface area contributed by atoms with Gasteiger partial charge in [0.25, 0.3) is 5.69 Å². The molecule has 0 saturated carbocycles. The van der Waals surface area contributed by atoms with Crippen molar-refractivity contribution in [1.82, 2.24) is 0 Å². The Kier molecular flexibility index (Phi) is 5.35. The normalized spacial score (nSPS) is 11.4. The van der Waals surface area contributed by atoms with E-state index in [4.69, 9.17) is 23.1 Å². The third kappa shape index (κ3) is 3.87. The summed E-state index contributed by atoms with van der Waals surface area (Å²) in [6, 6.07) is 4.25. The molecule has 0 bridgehead atoms.